The van der Waals surface area contributed by atoms with Crippen LogP contribution in [0, 0.1) is 0 Å². The normalized spacial score (nSPS) is 18.5. The molecular formula is C23H25F3N4O3S. The van der Waals surface area contributed by atoms with Gasteiger partial charge in [0.2, 0.25) is 5.91 Å². The first-order valence-corrected chi connectivity index (χ1v) is 12.4. The Balaban J connectivity index is 1.28. The Morgan fingerprint density at radius 2 is 1.82 bits per heavy atom. The smallest absolute Gasteiger partial charge is 0.353 e. The molecule has 0 bridgehead atoms. The summed E-state index contributed by atoms with van der Waals surface area (Å²) in [7, 11) is -4.14. The minimum atomic E-state index is -4.61. The van der Waals surface area contributed by atoms with Gasteiger partial charge < -0.3 is 10.6 Å². The summed E-state index contributed by atoms with van der Waals surface area (Å²) >= 11 is 0. The second kappa shape index (κ2) is 9.75. The van der Waals surface area contributed by atoms with Crippen LogP contribution in [0.2, 0.25) is 0 Å². The molecule has 7 nitrogen and oxygen atoms in total. The number of carbonyl (C=O) groups excluding carboxylic acids is 1. The Hall–Kier alpha value is -2.92. The molecule has 4 rings (SSSR count). The molecule has 1 saturated heterocycles. The Bertz CT molecular complexity index is 1180. The molecule has 2 aromatic rings. The van der Waals surface area contributed by atoms with Gasteiger partial charge in [0.1, 0.15) is 10.7 Å². The van der Waals surface area contributed by atoms with Gasteiger partial charge in [0, 0.05) is 38.5 Å². The maximum Gasteiger partial charge on any atom is 0.416 e. The highest BCUT2D eigenvalue weighted by atomic mass is 32.2. The van der Waals surface area contributed by atoms with Crippen LogP contribution in [0.1, 0.15) is 36.8 Å². The number of sulfonamides is 1. The topological polar surface area (TPSA) is 90.9 Å². The van der Waals surface area contributed by atoms with E-state index in [-0.39, 0.29) is 41.2 Å². The lowest BCUT2D eigenvalue weighted by Crippen LogP contribution is -2.44. The monoisotopic (exact) mass is 494 g/mol. The number of fused-ring (bicyclic) bond motifs is 1. The number of alkyl halides is 3. The van der Waals surface area contributed by atoms with Crippen molar-refractivity contribution >= 4 is 27.5 Å². The van der Waals surface area contributed by atoms with Crippen LogP contribution < -0.4 is 10.6 Å². The van der Waals surface area contributed by atoms with Gasteiger partial charge >= 0.3 is 6.18 Å². The van der Waals surface area contributed by atoms with Gasteiger partial charge in [-0.1, -0.05) is 30.3 Å². The molecule has 0 aromatic heterocycles. The van der Waals surface area contributed by atoms with Gasteiger partial charge in [0.25, 0.3) is 10.0 Å². The number of piperidine rings is 1. The minimum Gasteiger partial charge on any atom is -0.353 e. The molecule has 0 radical (unpaired) electrons. The highest BCUT2D eigenvalue weighted by Gasteiger charge is 2.34. The van der Waals surface area contributed by atoms with E-state index in [2.05, 4.69) is 32.1 Å². The predicted octanol–water partition coefficient (Wildman–Crippen LogP) is 3.78. The second-order valence-corrected chi connectivity index (χ2v) is 10.0. The predicted molar refractivity (Wildman–Crippen MR) is 122 cm³/mol. The summed E-state index contributed by atoms with van der Waals surface area (Å²) in [5.41, 5.74) is 0.0854. The summed E-state index contributed by atoms with van der Waals surface area (Å²) in [6.07, 6.45) is -3.06. The van der Waals surface area contributed by atoms with Gasteiger partial charge in [-0.2, -0.15) is 21.6 Å². The van der Waals surface area contributed by atoms with Crippen LogP contribution in [0.25, 0.3) is 0 Å². The molecule has 0 atom stereocenters. The van der Waals surface area contributed by atoms with Crippen LogP contribution >= 0.6 is 0 Å². The molecule has 2 aliphatic heterocycles. The lowest BCUT2D eigenvalue weighted by atomic mass is 10.0. The van der Waals surface area contributed by atoms with Crippen LogP contribution in [0.4, 0.5) is 18.9 Å². The van der Waals surface area contributed by atoms with Crippen molar-refractivity contribution < 1.29 is 26.4 Å². The number of halogens is 3. The fourth-order valence-electron chi connectivity index (χ4n) is 4.12. The van der Waals surface area contributed by atoms with E-state index in [0.717, 1.165) is 44.6 Å². The molecule has 0 aliphatic carbocycles. The van der Waals surface area contributed by atoms with E-state index in [0.29, 0.717) is 6.07 Å². The maximum absolute atomic E-state index is 13.0. The Labute approximate surface area is 196 Å². The number of likely N-dealkylation sites (tertiary alicyclic amines) is 1. The average Bonchev–Trinajstić information content (AvgIpc) is 2.78. The van der Waals surface area contributed by atoms with Crippen LogP contribution in [0.15, 0.2) is 57.8 Å². The highest BCUT2D eigenvalue weighted by molar-refractivity contribution is 7.90. The van der Waals surface area contributed by atoms with Gasteiger partial charge in [-0.05, 0) is 36.6 Å². The molecule has 0 spiro atoms. The third-order valence-electron chi connectivity index (χ3n) is 5.88. The van der Waals surface area contributed by atoms with E-state index in [9.17, 15) is 26.4 Å². The number of amides is 1. The number of carbonyl (C=O) groups is 1. The molecule has 2 aromatic carbocycles. The summed E-state index contributed by atoms with van der Waals surface area (Å²) in [5, 5.41) is 5.60. The molecule has 0 saturated carbocycles. The zero-order valence-corrected chi connectivity index (χ0v) is 19.1. The molecule has 34 heavy (non-hydrogen) atoms. The Morgan fingerprint density at radius 1 is 1.12 bits per heavy atom. The first kappa shape index (κ1) is 24.2. The minimum absolute atomic E-state index is 0.0274. The number of nitrogens with one attached hydrogen (secondary N) is 2. The summed E-state index contributed by atoms with van der Waals surface area (Å²) < 4.78 is 67.3. The number of anilines is 1. The molecule has 1 amide bonds. The van der Waals surface area contributed by atoms with E-state index in [4.69, 9.17) is 0 Å². The first-order chi connectivity index (χ1) is 16.1. The van der Waals surface area contributed by atoms with Gasteiger partial charge in [0.15, 0.2) is 0 Å². The van der Waals surface area contributed by atoms with E-state index in [1.807, 2.05) is 18.2 Å². The number of nitrogens with zero attached hydrogens (tertiary/aromatic N) is 2. The lowest BCUT2D eigenvalue weighted by molar-refractivity contribution is -0.137. The van der Waals surface area contributed by atoms with Gasteiger partial charge in [-0.25, -0.2) is 0 Å². The highest BCUT2D eigenvalue weighted by Crippen LogP contribution is 2.35. The molecule has 182 valence electrons. The number of hydrogen-bond acceptors (Lipinski definition) is 5. The summed E-state index contributed by atoms with van der Waals surface area (Å²) in [6, 6.07) is 12.5. The first-order valence-electron chi connectivity index (χ1n) is 11.0. The quantitative estimate of drug-likeness (QED) is 0.638. The summed E-state index contributed by atoms with van der Waals surface area (Å²) in [6.45, 7) is 2.56. The molecule has 2 heterocycles. The van der Waals surface area contributed by atoms with Gasteiger partial charge in [-0.3, -0.25) is 9.69 Å². The third kappa shape index (κ3) is 5.95. The molecular weight excluding hydrogens is 469 g/mol. The maximum atomic E-state index is 13.0. The van der Waals surface area contributed by atoms with Crippen LogP contribution in [0.5, 0.6) is 0 Å². The molecule has 1 fully saturated rings. The largest absolute Gasteiger partial charge is 0.416 e. The fraction of sp³-hybridized carbons (Fsp3) is 0.391. The molecule has 2 aliphatic rings. The van der Waals surface area contributed by atoms with Crippen molar-refractivity contribution in [2.24, 2.45) is 4.40 Å². The number of hydrogen-bond donors (Lipinski definition) is 2. The van der Waals surface area contributed by atoms with Crippen molar-refractivity contribution in [3.8, 4) is 0 Å². The van der Waals surface area contributed by atoms with Crippen LogP contribution in [-0.2, 0) is 27.5 Å². The zero-order chi connectivity index (χ0) is 24.3. The van der Waals surface area contributed by atoms with Gasteiger partial charge in [-0.15, -0.1) is 4.40 Å². The number of rotatable bonds is 6. The van der Waals surface area contributed by atoms with E-state index in [1.165, 1.54) is 5.56 Å². The van der Waals surface area contributed by atoms with Crippen LogP contribution in [-0.4, -0.2) is 44.2 Å². The van der Waals surface area contributed by atoms with Crippen molar-refractivity contribution in [1.82, 2.24) is 10.2 Å². The molecule has 0 unspecified atom stereocenters. The second-order valence-electron chi connectivity index (χ2n) is 8.45. The Morgan fingerprint density at radius 3 is 2.50 bits per heavy atom. The van der Waals surface area contributed by atoms with Crippen molar-refractivity contribution in [2.75, 3.05) is 18.4 Å². The zero-order valence-electron chi connectivity index (χ0n) is 18.3. The molecule has 2 N–H and O–H groups in total. The molecule has 11 heteroatoms. The van der Waals surface area contributed by atoms with Gasteiger partial charge in [0.05, 0.1) is 11.3 Å². The van der Waals surface area contributed by atoms with Crippen LogP contribution in [0.3, 0.4) is 0 Å². The number of benzene rings is 2. The lowest BCUT2D eigenvalue weighted by Gasteiger charge is -2.32. The Kier molecular flexibility index (Phi) is 6.94. The fourth-order valence-corrected chi connectivity index (χ4v) is 5.27. The van der Waals surface area contributed by atoms with Crippen molar-refractivity contribution in [3.05, 3.63) is 59.7 Å². The van der Waals surface area contributed by atoms with E-state index >= 15 is 0 Å². The van der Waals surface area contributed by atoms with Crippen molar-refractivity contribution in [1.29, 1.82) is 0 Å². The average molecular weight is 495 g/mol. The SMILES string of the molecule is O=C(CCC1=NS(=O)(=O)c2ccc(C(F)(F)F)cc2N1)NC1CCN(Cc2ccccc2)CC1. The van der Waals surface area contributed by atoms with E-state index < -0.39 is 21.8 Å². The standard InChI is InChI=1S/C23H25F3N4O3S/c24-23(25,26)17-6-7-20-19(14-17)28-21(29-34(20,32)33)8-9-22(31)27-18-10-12-30(13-11-18)15-16-4-2-1-3-5-16/h1-7,14,18H,8-13,15H2,(H,27,31)(H,28,29). The summed E-state index contributed by atoms with van der Waals surface area (Å²) in [5.74, 6) is -0.307. The van der Waals surface area contributed by atoms with Crippen molar-refractivity contribution in [3.63, 3.8) is 0 Å². The number of amidine groups is 1. The van der Waals surface area contributed by atoms with E-state index in [1.54, 1.807) is 0 Å². The van der Waals surface area contributed by atoms with Crippen molar-refractivity contribution in [2.45, 2.75) is 49.3 Å². The summed E-state index contributed by atoms with van der Waals surface area (Å²) in [4.78, 5) is 14.4. The third-order valence-corrected chi connectivity index (χ3v) is 7.26.